The predicted octanol–water partition coefficient (Wildman–Crippen LogP) is 1.88. The first kappa shape index (κ1) is 17.5. The van der Waals surface area contributed by atoms with E-state index in [9.17, 15) is 14.1 Å². The zero-order chi connectivity index (χ0) is 16.2. The predicted molar refractivity (Wildman–Crippen MR) is 81.0 cm³/mol. The number of nitrogens with one attached hydrogen (secondary N) is 1. The van der Waals surface area contributed by atoms with Gasteiger partial charge in [0.1, 0.15) is 6.04 Å². The van der Waals surface area contributed by atoms with Gasteiger partial charge in [0.2, 0.25) is 0 Å². The molecule has 2 N–H and O–H groups in total. The molecule has 118 valence electrons. The number of methoxy groups -OCH3 is 2. The third kappa shape index (κ3) is 4.44. The summed E-state index contributed by atoms with van der Waals surface area (Å²) in [6.07, 6.45) is 0. The molecule has 1 rings (SSSR count). The van der Waals surface area contributed by atoms with Gasteiger partial charge in [-0.2, -0.15) is 0 Å². The molecule has 0 saturated heterocycles. The standard InChI is InChI=1S/C14H21NO5S/c1-14(2,3)21(18)15-12(13(16)17)9-6-7-10(19-4)11(8-9)20-5/h6-8,12,15H,1-5H3,(H,16,17). The molecule has 0 spiro atoms. The van der Waals surface area contributed by atoms with Gasteiger partial charge in [0.15, 0.2) is 11.5 Å². The lowest BCUT2D eigenvalue weighted by Gasteiger charge is -2.22. The molecule has 0 bridgehead atoms. The van der Waals surface area contributed by atoms with E-state index in [1.54, 1.807) is 39.0 Å². The molecule has 0 saturated carbocycles. The van der Waals surface area contributed by atoms with Crippen LogP contribution in [0.25, 0.3) is 0 Å². The van der Waals surface area contributed by atoms with Crippen molar-refractivity contribution in [3.63, 3.8) is 0 Å². The van der Waals surface area contributed by atoms with Crippen LogP contribution < -0.4 is 14.2 Å². The van der Waals surface area contributed by atoms with Gasteiger partial charge < -0.3 is 14.6 Å². The average Bonchev–Trinajstić information content (AvgIpc) is 2.42. The number of aliphatic carboxylic acids is 1. The van der Waals surface area contributed by atoms with Gasteiger partial charge in [0.25, 0.3) is 0 Å². The molecule has 21 heavy (non-hydrogen) atoms. The lowest BCUT2D eigenvalue weighted by atomic mass is 10.1. The Kier molecular flexibility index (Phi) is 5.74. The minimum atomic E-state index is -1.51. The van der Waals surface area contributed by atoms with Crippen molar-refractivity contribution in [3.05, 3.63) is 23.8 Å². The number of carboxylic acids is 1. The maximum Gasteiger partial charge on any atom is 0.326 e. The second-order valence-corrected chi connectivity index (χ2v) is 7.38. The van der Waals surface area contributed by atoms with E-state index in [1.807, 2.05) is 0 Å². The second kappa shape index (κ2) is 6.91. The van der Waals surface area contributed by atoms with Gasteiger partial charge in [-0.3, -0.25) is 4.79 Å². The van der Waals surface area contributed by atoms with Crippen molar-refractivity contribution >= 4 is 17.0 Å². The van der Waals surface area contributed by atoms with Crippen molar-refractivity contribution < 1.29 is 23.6 Å². The second-order valence-electron chi connectivity index (χ2n) is 5.38. The average molecular weight is 315 g/mol. The number of carboxylic acid groups (broad SMARTS) is 1. The smallest absolute Gasteiger partial charge is 0.326 e. The van der Waals surface area contributed by atoms with E-state index in [2.05, 4.69) is 4.72 Å². The lowest BCUT2D eigenvalue weighted by Crippen LogP contribution is -2.38. The molecule has 0 aromatic heterocycles. The molecule has 2 unspecified atom stereocenters. The Balaban J connectivity index is 3.12. The summed E-state index contributed by atoms with van der Waals surface area (Å²) in [5.74, 6) is -0.188. The summed E-state index contributed by atoms with van der Waals surface area (Å²) in [6, 6.07) is 3.69. The molecule has 0 aliphatic rings. The zero-order valence-corrected chi connectivity index (χ0v) is 13.6. The van der Waals surface area contributed by atoms with E-state index < -0.39 is 27.7 Å². The minimum Gasteiger partial charge on any atom is -0.493 e. The van der Waals surface area contributed by atoms with Crippen LogP contribution in [0, 0.1) is 0 Å². The Bertz CT molecular complexity index is 539. The van der Waals surface area contributed by atoms with Crippen LogP contribution in [0.5, 0.6) is 11.5 Å². The summed E-state index contributed by atoms with van der Waals surface area (Å²) < 4.78 is 24.5. The van der Waals surface area contributed by atoms with Gasteiger partial charge in [-0.15, -0.1) is 0 Å². The molecule has 1 aromatic rings. The van der Waals surface area contributed by atoms with Gasteiger partial charge in [0, 0.05) is 0 Å². The summed E-state index contributed by atoms with van der Waals surface area (Å²) >= 11 is 0. The summed E-state index contributed by atoms with van der Waals surface area (Å²) in [4.78, 5) is 11.4. The Hall–Kier alpha value is -1.60. The highest BCUT2D eigenvalue weighted by molar-refractivity contribution is 7.84. The number of ether oxygens (including phenoxy) is 2. The van der Waals surface area contributed by atoms with Crippen molar-refractivity contribution in [3.8, 4) is 11.5 Å². The molecule has 0 heterocycles. The summed E-state index contributed by atoms with van der Waals surface area (Å²) in [5.41, 5.74) is 0.442. The van der Waals surface area contributed by atoms with Crippen LogP contribution in [-0.4, -0.2) is 34.3 Å². The fraction of sp³-hybridized carbons (Fsp3) is 0.500. The first-order valence-electron chi connectivity index (χ1n) is 6.33. The van der Waals surface area contributed by atoms with Crippen molar-refractivity contribution in [2.75, 3.05) is 14.2 Å². The first-order valence-corrected chi connectivity index (χ1v) is 7.48. The van der Waals surface area contributed by atoms with E-state index in [1.165, 1.54) is 14.2 Å². The molecular weight excluding hydrogens is 294 g/mol. The van der Waals surface area contributed by atoms with Crippen LogP contribution in [0.4, 0.5) is 0 Å². The van der Waals surface area contributed by atoms with Crippen LogP contribution in [0.2, 0.25) is 0 Å². The van der Waals surface area contributed by atoms with Crippen LogP contribution in [0.1, 0.15) is 32.4 Å². The number of benzene rings is 1. The van der Waals surface area contributed by atoms with Gasteiger partial charge in [-0.1, -0.05) is 6.07 Å². The van der Waals surface area contributed by atoms with E-state index >= 15 is 0 Å². The summed E-state index contributed by atoms with van der Waals surface area (Å²) in [6.45, 7) is 5.30. The number of hydrogen-bond donors (Lipinski definition) is 2. The number of rotatable bonds is 6. The monoisotopic (exact) mass is 315 g/mol. The maximum absolute atomic E-state index is 12.1. The molecule has 7 heteroatoms. The van der Waals surface area contributed by atoms with E-state index in [0.29, 0.717) is 17.1 Å². The summed E-state index contributed by atoms with van der Waals surface area (Å²) in [7, 11) is 1.46. The number of carbonyl (C=O) groups is 1. The van der Waals surface area contributed by atoms with E-state index in [4.69, 9.17) is 9.47 Å². The molecule has 2 atom stereocenters. The van der Waals surface area contributed by atoms with Gasteiger partial charge in [0.05, 0.1) is 30.0 Å². The van der Waals surface area contributed by atoms with E-state index in [-0.39, 0.29) is 0 Å². The fourth-order valence-electron chi connectivity index (χ4n) is 1.58. The van der Waals surface area contributed by atoms with Crippen molar-refractivity contribution in [2.45, 2.75) is 31.6 Å². The Morgan fingerprint density at radius 1 is 1.24 bits per heavy atom. The quantitative estimate of drug-likeness (QED) is 0.837. The SMILES string of the molecule is COc1ccc(C(NS(=O)C(C)(C)C)C(=O)O)cc1OC. The Labute approximate surface area is 127 Å². The maximum atomic E-state index is 12.1. The van der Waals surface area contributed by atoms with Crippen molar-refractivity contribution in [1.29, 1.82) is 0 Å². The molecule has 0 aliphatic carbocycles. The molecule has 0 aliphatic heterocycles. The highest BCUT2D eigenvalue weighted by Gasteiger charge is 2.28. The zero-order valence-electron chi connectivity index (χ0n) is 12.8. The van der Waals surface area contributed by atoms with Crippen molar-refractivity contribution in [2.24, 2.45) is 0 Å². The Morgan fingerprint density at radius 2 is 1.81 bits per heavy atom. The molecular formula is C14H21NO5S. The summed E-state index contributed by atoms with van der Waals surface area (Å²) in [5, 5.41) is 9.36. The third-order valence-electron chi connectivity index (χ3n) is 2.77. The van der Waals surface area contributed by atoms with Gasteiger partial charge in [-0.05, 0) is 38.5 Å². The molecule has 0 radical (unpaired) electrons. The molecule has 0 amide bonds. The number of hydrogen-bond acceptors (Lipinski definition) is 4. The minimum absolute atomic E-state index is 0.421. The van der Waals surface area contributed by atoms with Crippen LogP contribution in [0.15, 0.2) is 18.2 Å². The normalized spacial score (nSPS) is 14.3. The lowest BCUT2D eigenvalue weighted by molar-refractivity contribution is -0.139. The van der Waals surface area contributed by atoms with Crippen LogP contribution in [0.3, 0.4) is 0 Å². The molecule has 1 aromatic carbocycles. The van der Waals surface area contributed by atoms with Crippen LogP contribution in [-0.2, 0) is 15.8 Å². The largest absolute Gasteiger partial charge is 0.493 e. The first-order chi connectivity index (χ1) is 9.70. The van der Waals surface area contributed by atoms with Crippen LogP contribution >= 0.6 is 0 Å². The van der Waals surface area contributed by atoms with E-state index in [0.717, 1.165) is 0 Å². The Morgan fingerprint density at radius 3 is 2.24 bits per heavy atom. The third-order valence-corrected chi connectivity index (χ3v) is 4.33. The van der Waals surface area contributed by atoms with Gasteiger partial charge in [-0.25, -0.2) is 8.93 Å². The van der Waals surface area contributed by atoms with Crippen molar-refractivity contribution in [1.82, 2.24) is 4.72 Å². The molecule has 0 fully saturated rings. The highest BCUT2D eigenvalue weighted by Crippen LogP contribution is 2.30. The topological polar surface area (TPSA) is 84.9 Å². The highest BCUT2D eigenvalue weighted by atomic mass is 32.2. The van der Waals surface area contributed by atoms with Gasteiger partial charge >= 0.3 is 5.97 Å². The fourth-order valence-corrected chi connectivity index (χ4v) is 2.38. The molecule has 6 nitrogen and oxygen atoms in total.